The first kappa shape index (κ1) is 35.4. The lowest BCUT2D eigenvalue weighted by molar-refractivity contribution is 0.00557. The molecule has 0 N–H and O–H groups in total. The molecule has 5 aromatic rings. The molecule has 0 aliphatic carbocycles. The molecular weight excluding hydrogens is 683 g/mol. The summed E-state index contributed by atoms with van der Waals surface area (Å²) >= 11 is 7.01. The van der Waals surface area contributed by atoms with Crippen molar-refractivity contribution < 1.29 is 18.7 Å². The van der Waals surface area contributed by atoms with Gasteiger partial charge in [0.15, 0.2) is 11.3 Å². The van der Waals surface area contributed by atoms with Gasteiger partial charge in [-0.1, -0.05) is 47.1 Å². The second-order valence-corrected chi connectivity index (χ2v) is 15.2. The summed E-state index contributed by atoms with van der Waals surface area (Å²) in [6.07, 6.45) is 2.23. The lowest BCUT2D eigenvalue weighted by atomic mass is 9.93. The fourth-order valence-corrected chi connectivity index (χ4v) is 8.16. The molecule has 0 bridgehead atoms. The molecule has 4 heterocycles. The fourth-order valence-electron chi connectivity index (χ4n) is 7.86. The summed E-state index contributed by atoms with van der Waals surface area (Å²) in [4.78, 5) is 21.8. The van der Waals surface area contributed by atoms with E-state index in [0.29, 0.717) is 52.3 Å². The molecule has 268 valence electrons. The minimum Gasteiger partial charge on any atom is -0.471 e. The van der Waals surface area contributed by atoms with Crippen LogP contribution >= 0.6 is 11.6 Å². The van der Waals surface area contributed by atoms with Crippen molar-refractivity contribution in [3.8, 4) is 29.1 Å². The predicted molar refractivity (Wildman–Crippen MR) is 196 cm³/mol. The largest absolute Gasteiger partial charge is 0.471 e. The highest BCUT2D eigenvalue weighted by molar-refractivity contribution is 6.35. The Morgan fingerprint density at radius 3 is 2.60 bits per heavy atom. The van der Waals surface area contributed by atoms with Gasteiger partial charge in [-0.3, -0.25) is 4.90 Å². The number of hydrogen-bond acceptors (Lipinski definition) is 9. The summed E-state index contributed by atoms with van der Waals surface area (Å²) in [5.41, 5.74) is 1.21. The van der Waals surface area contributed by atoms with Crippen LogP contribution in [0, 0.1) is 28.5 Å². The van der Waals surface area contributed by atoms with Crippen LogP contribution < -0.4 is 4.74 Å². The first-order chi connectivity index (χ1) is 24.9. The molecule has 2 saturated heterocycles. The first-order valence-corrected chi connectivity index (χ1v) is 18.0. The highest BCUT2D eigenvalue weighted by Crippen LogP contribution is 2.43. The van der Waals surface area contributed by atoms with Crippen LogP contribution in [0.2, 0.25) is 5.02 Å². The number of nitrogens with zero attached hydrogens (tertiary/aromatic N) is 8. The third-order valence-electron chi connectivity index (χ3n) is 10.3. The van der Waals surface area contributed by atoms with Gasteiger partial charge in [-0.05, 0) is 90.1 Å². The average molecular weight is 723 g/mol. The normalized spacial score (nSPS) is 20.2. The first-order valence-electron chi connectivity index (χ1n) is 17.6. The number of amides is 1. The van der Waals surface area contributed by atoms with Crippen LogP contribution in [0.25, 0.3) is 43.8 Å². The number of piperidine rings is 1. The van der Waals surface area contributed by atoms with Gasteiger partial charge in [0.25, 0.3) is 0 Å². The van der Waals surface area contributed by atoms with Gasteiger partial charge in [-0.25, -0.2) is 18.9 Å². The van der Waals surface area contributed by atoms with Gasteiger partial charge in [0, 0.05) is 28.9 Å². The van der Waals surface area contributed by atoms with E-state index in [0.717, 1.165) is 24.8 Å². The Morgan fingerprint density at radius 1 is 1.13 bits per heavy atom. The van der Waals surface area contributed by atoms with E-state index >= 15 is 4.39 Å². The molecule has 13 heteroatoms. The number of carbonyl (C=O) groups is 1. The van der Waals surface area contributed by atoms with Crippen molar-refractivity contribution in [3.05, 3.63) is 58.9 Å². The molecule has 7 rings (SSSR count). The van der Waals surface area contributed by atoms with Crippen molar-refractivity contribution in [2.45, 2.75) is 89.6 Å². The second kappa shape index (κ2) is 13.8. The van der Waals surface area contributed by atoms with E-state index in [1.54, 1.807) is 54.6 Å². The Balaban J connectivity index is 1.40. The molecule has 2 aliphatic heterocycles. The number of aromatic nitrogens is 4. The molecule has 0 radical (unpaired) electrons. The number of benzene rings is 3. The van der Waals surface area contributed by atoms with Crippen molar-refractivity contribution in [3.63, 3.8) is 0 Å². The standard InChI is InChI=1S/C39H40ClFN8O3/c1-22(30-13-8-17-47(30)5)51-37-35-36(49(46-45-35)26-15-18-48(25(19-26)14-16-42)38(50)52-39(2,3)4)28-20-29(40)32(33(41)34(28)44-37)27-12-7-10-23-9-6-11-24(21-43)31(23)27/h6-7,9-12,20,22,25-26,30H,8,13-15,17-19H2,1-5H3/t22-,25+,26-,30-/m0/s1. The number of likely N-dealkylation sites (N-methyl/N-ethyl adjacent to an activating group) is 1. The lowest BCUT2D eigenvalue weighted by Crippen LogP contribution is -2.48. The van der Waals surface area contributed by atoms with E-state index in [-0.39, 0.29) is 46.6 Å². The van der Waals surface area contributed by atoms with Crippen LogP contribution in [-0.2, 0) is 4.74 Å². The Hall–Kier alpha value is -5.04. The molecule has 2 fully saturated rings. The van der Waals surface area contributed by atoms with Gasteiger partial charge >= 0.3 is 6.09 Å². The van der Waals surface area contributed by atoms with E-state index < -0.39 is 23.6 Å². The number of carbonyl (C=O) groups excluding carboxylic acids is 1. The highest BCUT2D eigenvalue weighted by Gasteiger charge is 2.37. The predicted octanol–water partition coefficient (Wildman–Crippen LogP) is 8.18. The molecule has 52 heavy (non-hydrogen) atoms. The molecule has 0 spiro atoms. The van der Waals surface area contributed by atoms with E-state index in [2.05, 4.69) is 34.4 Å². The molecule has 1 amide bonds. The van der Waals surface area contributed by atoms with Gasteiger partial charge in [0.1, 0.15) is 22.7 Å². The summed E-state index contributed by atoms with van der Waals surface area (Å²) in [5.74, 6) is -0.501. The van der Waals surface area contributed by atoms with Gasteiger partial charge in [0.05, 0.1) is 41.2 Å². The Labute approximate surface area is 306 Å². The summed E-state index contributed by atoms with van der Waals surface area (Å²) in [6.45, 7) is 8.68. The van der Waals surface area contributed by atoms with E-state index in [9.17, 15) is 15.3 Å². The third kappa shape index (κ3) is 6.35. The van der Waals surface area contributed by atoms with E-state index in [1.807, 2.05) is 25.1 Å². The fraction of sp³-hybridized carbons (Fsp3) is 0.436. The molecule has 4 atom stereocenters. The Morgan fingerprint density at radius 2 is 1.90 bits per heavy atom. The third-order valence-corrected chi connectivity index (χ3v) is 10.6. The van der Waals surface area contributed by atoms with Gasteiger partial charge in [-0.2, -0.15) is 10.5 Å². The summed E-state index contributed by atoms with van der Waals surface area (Å²) in [5, 5.41) is 30.8. The summed E-state index contributed by atoms with van der Waals surface area (Å²) < 4.78 is 31.2. The summed E-state index contributed by atoms with van der Waals surface area (Å²) in [6, 6.07) is 16.3. The molecule has 3 aromatic carbocycles. The lowest BCUT2D eigenvalue weighted by Gasteiger charge is -2.39. The maximum atomic E-state index is 17.3. The van der Waals surface area contributed by atoms with Crippen LogP contribution in [0.1, 0.15) is 71.4 Å². The minimum atomic E-state index is -0.690. The van der Waals surface area contributed by atoms with Crippen molar-refractivity contribution in [1.29, 1.82) is 10.5 Å². The van der Waals surface area contributed by atoms with Crippen LogP contribution in [0.5, 0.6) is 5.88 Å². The molecular formula is C39H40ClFN8O3. The SMILES string of the molecule is C[C@H](Oc1nc2c(F)c(-c3cccc4cccc(C#N)c34)c(Cl)cc2c2c1nnn2[C@H]1CCN(C(=O)OC(C)(C)C)[C@H](CC#N)C1)[C@@H]1CCCN1C. The minimum absolute atomic E-state index is 0.0311. The Kier molecular flexibility index (Phi) is 9.41. The molecule has 0 unspecified atom stereocenters. The van der Waals surface area contributed by atoms with Crippen LogP contribution in [0.3, 0.4) is 0 Å². The smallest absolute Gasteiger partial charge is 0.410 e. The molecule has 2 aliphatic rings. The number of hydrogen-bond donors (Lipinski definition) is 0. The number of fused-ring (bicyclic) bond motifs is 4. The van der Waals surface area contributed by atoms with Gasteiger partial charge in [0.2, 0.25) is 5.88 Å². The number of rotatable bonds is 6. The van der Waals surface area contributed by atoms with Crippen LogP contribution in [-0.4, -0.2) is 79.8 Å². The molecule has 11 nitrogen and oxygen atoms in total. The average Bonchev–Trinajstić information content (AvgIpc) is 3.75. The zero-order valence-corrected chi connectivity index (χ0v) is 30.6. The number of likely N-dealkylation sites (tertiary alicyclic amines) is 2. The van der Waals surface area contributed by atoms with Crippen molar-refractivity contribution in [1.82, 2.24) is 29.8 Å². The van der Waals surface area contributed by atoms with Crippen molar-refractivity contribution >= 4 is 50.4 Å². The number of halogens is 2. The van der Waals surface area contributed by atoms with E-state index in [4.69, 9.17) is 26.1 Å². The summed E-state index contributed by atoms with van der Waals surface area (Å²) in [7, 11) is 2.06. The van der Waals surface area contributed by atoms with E-state index in [1.165, 1.54) is 0 Å². The number of nitriles is 2. The zero-order chi connectivity index (χ0) is 36.9. The van der Waals surface area contributed by atoms with Crippen molar-refractivity contribution in [2.24, 2.45) is 0 Å². The molecule has 2 aromatic heterocycles. The quantitative estimate of drug-likeness (QED) is 0.170. The zero-order valence-electron chi connectivity index (χ0n) is 29.9. The van der Waals surface area contributed by atoms with Crippen molar-refractivity contribution in [2.75, 3.05) is 20.1 Å². The molecule has 0 saturated carbocycles. The maximum Gasteiger partial charge on any atom is 0.410 e. The highest BCUT2D eigenvalue weighted by atomic mass is 35.5. The number of pyridine rings is 1. The maximum absolute atomic E-state index is 17.3. The number of ether oxygens (including phenoxy) is 2. The van der Waals surface area contributed by atoms with Gasteiger partial charge < -0.3 is 14.4 Å². The topological polar surface area (TPSA) is 133 Å². The monoisotopic (exact) mass is 722 g/mol. The van der Waals surface area contributed by atoms with Gasteiger partial charge in [-0.15, -0.1) is 5.10 Å². The van der Waals surface area contributed by atoms with Crippen LogP contribution in [0.4, 0.5) is 9.18 Å². The van der Waals surface area contributed by atoms with Crippen LogP contribution in [0.15, 0.2) is 42.5 Å². The Bertz CT molecular complexity index is 2280. The second-order valence-electron chi connectivity index (χ2n) is 14.8.